The Morgan fingerprint density at radius 3 is 2.34 bits per heavy atom. The topological polar surface area (TPSA) is 84.9 Å². The zero-order chi connectivity index (χ0) is 22.8. The summed E-state index contributed by atoms with van der Waals surface area (Å²) in [6.07, 6.45) is 5.15. The Bertz CT molecular complexity index is 1100. The average molecular weight is 437 g/mol. The van der Waals surface area contributed by atoms with E-state index in [1.165, 1.54) is 26.0 Å². The van der Waals surface area contributed by atoms with Gasteiger partial charge in [-0.05, 0) is 23.8 Å². The molecule has 0 saturated heterocycles. The number of benzene rings is 2. The maximum atomic E-state index is 13.0. The van der Waals surface area contributed by atoms with Crippen LogP contribution in [0, 0.1) is 0 Å². The molecule has 1 N–H and O–H groups in total. The fraction of sp³-hybridized carbons (Fsp3) is 0.400. The number of esters is 2. The summed E-state index contributed by atoms with van der Waals surface area (Å²) in [5.41, 5.74) is 1.24. The van der Waals surface area contributed by atoms with Crippen LogP contribution in [-0.4, -0.2) is 38.1 Å². The van der Waals surface area contributed by atoms with E-state index in [0.717, 1.165) is 42.9 Å². The Morgan fingerprint density at radius 2 is 1.69 bits per heavy atom. The predicted octanol–water partition coefficient (Wildman–Crippen LogP) is 3.77. The summed E-state index contributed by atoms with van der Waals surface area (Å²) >= 11 is 0. The van der Waals surface area contributed by atoms with Crippen molar-refractivity contribution in [2.45, 2.75) is 51.0 Å². The van der Waals surface area contributed by atoms with Crippen LogP contribution >= 0.6 is 0 Å². The lowest BCUT2D eigenvalue weighted by Gasteiger charge is -2.39. The maximum absolute atomic E-state index is 13.0. The minimum atomic E-state index is -1.01. The third-order valence-electron chi connectivity index (χ3n) is 6.34. The normalized spacial score (nSPS) is 18.8. The molecular weight excluding hydrogens is 408 g/mol. The second-order valence-corrected chi connectivity index (χ2v) is 8.27. The van der Waals surface area contributed by atoms with Crippen molar-refractivity contribution in [3.05, 3.63) is 53.4 Å². The molecule has 7 nitrogen and oxygen atoms in total. The van der Waals surface area contributed by atoms with Crippen LogP contribution < -0.4 is 10.2 Å². The van der Waals surface area contributed by atoms with Crippen LogP contribution in [0.1, 0.15) is 50.5 Å². The number of nitrogens with one attached hydrogen (secondary N) is 1. The third kappa shape index (κ3) is 3.72. The highest BCUT2D eigenvalue weighted by atomic mass is 16.5. The molecule has 1 heterocycles. The van der Waals surface area contributed by atoms with E-state index in [-0.39, 0.29) is 17.5 Å². The molecule has 0 aromatic heterocycles. The van der Waals surface area contributed by atoms with E-state index in [4.69, 9.17) is 9.47 Å². The average Bonchev–Trinajstić information content (AvgIpc) is 2.82. The molecule has 0 spiro atoms. The van der Waals surface area contributed by atoms with Crippen molar-refractivity contribution in [2.24, 2.45) is 0 Å². The van der Waals surface area contributed by atoms with E-state index < -0.39 is 17.9 Å². The first-order valence-corrected chi connectivity index (χ1v) is 11.0. The van der Waals surface area contributed by atoms with E-state index in [2.05, 4.69) is 5.32 Å². The molecule has 1 aliphatic heterocycles. The Kier molecular flexibility index (Phi) is 6.17. The van der Waals surface area contributed by atoms with Gasteiger partial charge in [0.25, 0.3) is 0 Å². The number of carbonyl (C=O) groups is 3. The number of fused-ring (bicyclic) bond motifs is 3. The van der Waals surface area contributed by atoms with Crippen molar-refractivity contribution < 1.29 is 23.9 Å². The smallest absolute Gasteiger partial charge is 0.338 e. The first kappa shape index (κ1) is 21.9. The summed E-state index contributed by atoms with van der Waals surface area (Å²) in [5, 5.41) is 5.20. The Labute approximate surface area is 187 Å². The number of hydrogen-bond donors (Lipinski definition) is 1. The van der Waals surface area contributed by atoms with E-state index in [0.29, 0.717) is 17.1 Å². The van der Waals surface area contributed by atoms with Gasteiger partial charge in [0.2, 0.25) is 5.91 Å². The van der Waals surface area contributed by atoms with Gasteiger partial charge in [-0.3, -0.25) is 14.5 Å². The lowest BCUT2D eigenvalue weighted by atomic mass is 9.83. The third-order valence-corrected chi connectivity index (χ3v) is 6.34. The number of rotatable bonds is 4. The summed E-state index contributed by atoms with van der Waals surface area (Å²) in [4.78, 5) is 40.6. The van der Waals surface area contributed by atoms with Crippen LogP contribution in [0.5, 0.6) is 0 Å². The highest BCUT2D eigenvalue weighted by Gasteiger charge is 2.44. The zero-order valence-corrected chi connectivity index (χ0v) is 18.6. The van der Waals surface area contributed by atoms with Gasteiger partial charge < -0.3 is 14.8 Å². The standard InChI is InChI=1S/C25H28N2O5/c1-15(28)27-22-18-12-8-7-9-16(18)13-14-19(22)20(24(29)31-2)21(25(30)32-3)23(27)26-17-10-5-4-6-11-17/h7-9,12-14,17,20,26H,4-6,10-11H2,1-3H3. The van der Waals surface area contributed by atoms with Gasteiger partial charge in [0, 0.05) is 18.4 Å². The van der Waals surface area contributed by atoms with Gasteiger partial charge in [0.15, 0.2) is 0 Å². The van der Waals surface area contributed by atoms with Gasteiger partial charge in [-0.15, -0.1) is 0 Å². The van der Waals surface area contributed by atoms with Gasteiger partial charge >= 0.3 is 11.9 Å². The molecule has 1 unspecified atom stereocenters. The summed E-state index contributed by atoms with van der Waals surface area (Å²) in [5.74, 6) is -2.19. The van der Waals surface area contributed by atoms with Crippen molar-refractivity contribution in [1.29, 1.82) is 0 Å². The quantitative estimate of drug-likeness (QED) is 0.735. The van der Waals surface area contributed by atoms with E-state index in [1.54, 1.807) is 6.07 Å². The molecule has 1 saturated carbocycles. The molecule has 0 bridgehead atoms. The van der Waals surface area contributed by atoms with Crippen LogP contribution in [-0.2, 0) is 23.9 Å². The summed E-state index contributed by atoms with van der Waals surface area (Å²) in [6, 6.07) is 11.4. The first-order valence-electron chi connectivity index (χ1n) is 11.0. The van der Waals surface area contributed by atoms with E-state index >= 15 is 0 Å². The molecule has 1 fully saturated rings. The number of anilines is 1. The SMILES string of the molecule is COC(=O)C1=C(NC2CCCCC2)N(C(C)=O)c2c(ccc3ccccc23)C1C(=O)OC. The predicted molar refractivity (Wildman–Crippen MR) is 121 cm³/mol. The van der Waals surface area contributed by atoms with Crippen LogP contribution in [0.15, 0.2) is 47.8 Å². The van der Waals surface area contributed by atoms with Crippen LogP contribution in [0.25, 0.3) is 10.8 Å². The Hall–Kier alpha value is -3.35. The van der Waals surface area contributed by atoms with Crippen molar-refractivity contribution in [3.63, 3.8) is 0 Å². The molecule has 2 aliphatic rings. The van der Waals surface area contributed by atoms with Gasteiger partial charge in [-0.1, -0.05) is 55.7 Å². The largest absolute Gasteiger partial charge is 0.468 e. The van der Waals surface area contributed by atoms with Crippen molar-refractivity contribution in [2.75, 3.05) is 19.1 Å². The first-order chi connectivity index (χ1) is 15.5. The monoisotopic (exact) mass is 436 g/mol. The molecule has 1 amide bonds. The molecule has 7 heteroatoms. The fourth-order valence-corrected chi connectivity index (χ4v) is 4.86. The number of nitrogens with zero attached hydrogens (tertiary/aromatic N) is 1. The molecule has 1 aliphatic carbocycles. The number of ether oxygens (including phenoxy) is 2. The van der Waals surface area contributed by atoms with Crippen LogP contribution in [0.4, 0.5) is 5.69 Å². The number of hydrogen-bond acceptors (Lipinski definition) is 6. The fourth-order valence-electron chi connectivity index (χ4n) is 4.86. The minimum Gasteiger partial charge on any atom is -0.468 e. The summed E-state index contributed by atoms with van der Waals surface area (Å²) < 4.78 is 10.2. The highest BCUT2D eigenvalue weighted by molar-refractivity contribution is 6.12. The maximum Gasteiger partial charge on any atom is 0.338 e. The van der Waals surface area contributed by atoms with Crippen molar-refractivity contribution >= 4 is 34.3 Å². The van der Waals surface area contributed by atoms with Gasteiger partial charge in [0.05, 0.1) is 25.5 Å². The van der Waals surface area contributed by atoms with E-state index in [9.17, 15) is 14.4 Å². The van der Waals surface area contributed by atoms with Gasteiger partial charge in [-0.25, -0.2) is 4.79 Å². The lowest BCUT2D eigenvalue weighted by molar-refractivity contribution is -0.145. The molecule has 0 radical (unpaired) electrons. The molecule has 32 heavy (non-hydrogen) atoms. The number of carbonyl (C=O) groups excluding carboxylic acids is 3. The number of amides is 1. The molecule has 1 atom stereocenters. The molecular formula is C25H28N2O5. The van der Waals surface area contributed by atoms with Crippen molar-refractivity contribution in [3.8, 4) is 0 Å². The lowest BCUT2D eigenvalue weighted by Crippen LogP contribution is -2.47. The summed E-state index contributed by atoms with van der Waals surface area (Å²) in [7, 11) is 2.57. The Morgan fingerprint density at radius 1 is 0.969 bits per heavy atom. The minimum absolute atomic E-state index is 0.0927. The molecule has 2 aromatic rings. The molecule has 168 valence electrons. The zero-order valence-electron chi connectivity index (χ0n) is 18.6. The van der Waals surface area contributed by atoms with Crippen LogP contribution in [0.3, 0.4) is 0 Å². The van der Waals surface area contributed by atoms with Gasteiger partial charge in [0.1, 0.15) is 11.7 Å². The van der Waals surface area contributed by atoms with E-state index in [1.807, 2.05) is 30.3 Å². The summed E-state index contributed by atoms with van der Waals surface area (Å²) in [6.45, 7) is 1.46. The second-order valence-electron chi connectivity index (χ2n) is 8.27. The van der Waals surface area contributed by atoms with Crippen LogP contribution in [0.2, 0.25) is 0 Å². The molecule has 4 rings (SSSR count). The molecule has 2 aromatic carbocycles. The van der Waals surface area contributed by atoms with Crippen molar-refractivity contribution in [1.82, 2.24) is 5.32 Å². The Balaban J connectivity index is 2.02. The highest BCUT2D eigenvalue weighted by Crippen LogP contribution is 2.45. The number of methoxy groups -OCH3 is 2. The van der Waals surface area contributed by atoms with Gasteiger partial charge in [-0.2, -0.15) is 0 Å². The second kappa shape index (κ2) is 9.02.